The summed E-state index contributed by atoms with van der Waals surface area (Å²) in [6, 6.07) is 13.8. The van der Waals surface area contributed by atoms with E-state index in [9.17, 15) is 0 Å². The first-order chi connectivity index (χ1) is 10.3. The van der Waals surface area contributed by atoms with Gasteiger partial charge in [0.1, 0.15) is 11.5 Å². The summed E-state index contributed by atoms with van der Waals surface area (Å²) in [5, 5.41) is 1.05. The maximum Gasteiger partial charge on any atom is 0.153 e. The van der Waals surface area contributed by atoms with Crippen molar-refractivity contribution in [1.82, 2.24) is 14.4 Å². The predicted octanol–water partition coefficient (Wildman–Crippen LogP) is 3.89. The monoisotopic (exact) mass is 338 g/mol. The first-order valence-electron chi connectivity index (χ1n) is 6.52. The van der Waals surface area contributed by atoms with E-state index in [4.69, 9.17) is 10.7 Å². The highest BCUT2D eigenvalue weighted by molar-refractivity contribution is 9.10. The SMILES string of the molecule is Nc1c(-c2ccnc3ccccc23)nc2c(Br)cccn12. The summed E-state index contributed by atoms with van der Waals surface area (Å²) < 4.78 is 2.80. The molecule has 0 fully saturated rings. The number of fused-ring (bicyclic) bond motifs is 2. The van der Waals surface area contributed by atoms with Crippen molar-refractivity contribution in [3.05, 3.63) is 59.3 Å². The molecule has 102 valence electrons. The van der Waals surface area contributed by atoms with E-state index in [1.54, 1.807) is 6.20 Å². The summed E-state index contributed by atoms with van der Waals surface area (Å²) in [5.41, 5.74) is 9.81. The predicted molar refractivity (Wildman–Crippen MR) is 88.0 cm³/mol. The van der Waals surface area contributed by atoms with Gasteiger partial charge in [-0.25, -0.2) is 4.98 Å². The Kier molecular flexibility index (Phi) is 2.68. The van der Waals surface area contributed by atoms with Gasteiger partial charge in [-0.05, 0) is 40.2 Å². The van der Waals surface area contributed by atoms with Crippen LogP contribution >= 0.6 is 15.9 Å². The molecular formula is C16H11BrN4. The van der Waals surface area contributed by atoms with Crippen molar-refractivity contribution in [3.63, 3.8) is 0 Å². The number of aromatic nitrogens is 3. The van der Waals surface area contributed by atoms with Crippen LogP contribution in [-0.4, -0.2) is 14.4 Å². The molecule has 0 aliphatic rings. The molecule has 0 bridgehead atoms. The molecule has 0 radical (unpaired) electrons. The summed E-state index contributed by atoms with van der Waals surface area (Å²) in [6.45, 7) is 0. The van der Waals surface area contributed by atoms with Crippen molar-refractivity contribution in [2.45, 2.75) is 0 Å². The van der Waals surface area contributed by atoms with Gasteiger partial charge in [0.2, 0.25) is 0 Å². The number of rotatable bonds is 1. The Bertz CT molecular complexity index is 969. The third-order valence-corrected chi connectivity index (χ3v) is 4.16. The van der Waals surface area contributed by atoms with E-state index in [1.807, 2.05) is 53.1 Å². The molecule has 0 saturated heterocycles. The van der Waals surface area contributed by atoms with Gasteiger partial charge in [0.25, 0.3) is 0 Å². The lowest BCUT2D eigenvalue weighted by molar-refractivity contribution is 1.19. The minimum absolute atomic E-state index is 0.627. The molecule has 0 saturated carbocycles. The van der Waals surface area contributed by atoms with Crippen molar-refractivity contribution in [2.24, 2.45) is 0 Å². The van der Waals surface area contributed by atoms with Gasteiger partial charge in [-0.3, -0.25) is 9.38 Å². The molecule has 0 spiro atoms. The standard InChI is InChI=1S/C16H11BrN4/c17-12-5-3-9-21-15(18)14(20-16(12)21)11-7-8-19-13-6-2-1-4-10(11)13/h1-9H,18H2. The number of pyridine rings is 2. The van der Waals surface area contributed by atoms with Gasteiger partial charge in [0, 0.05) is 23.3 Å². The summed E-state index contributed by atoms with van der Waals surface area (Å²) >= 11 is 3.52. The molecule has 4 rings (SSSR count). The first kappa shape index (κ1) is 12.3. The van der Waals surface area contributed by atoms with Crippen LogP contribution in [0.15, 0.2) is 59.3 Å². The van der Waals surface area contributed by atoms with Crippen molar-refractivity contribution in [2.75, 3.05) is 5.73 Å². The van der Waals surface area contributed by atoms with Crippen LogP contribution in [0.2, 0.25) is 0 Å². The Morgan fingerprint density at radius 3 is 2.76 bits per heavy atom. The topological polar surface area (TPSA) is 56.2 Å². The van der Waals surface area contributed by atoms with Gasteiger partial charge in [-0.2, -0.15) is 0 Å². The highest BCUT2D eigenvalue weighted by Crippen LogP contribution is 2.33. The zero-order valence-electron chi connectivity index (χ0n) is 11.0. The van der Waals surface area contributed by atoms with Crippen LogP contribution < -0.4 is 5.73 Å². The lowest BCUT2D eigenvalue weighted by atomic mass is 10.1. The Labute approximate surface area is 129 Å². The number of hydrogen-bond donors (Lipinski definition) is 1. The van der Waals surface area contributed by atoms with E-state index in [1.165, 1.54) is 0 Å². The molecule has 0 atom stereocenters. The average molecular weight is 339 g/mol. The van der Waals surface area contributed by atoms with E-state index >= 15 is 0 Å². The Hall–Kier alpha value is -2.40. The van der Waals surface area contributed by atoms with Gasteiger partial charge in [0.15, 0.2) is 5.65 Å². The number of imidazole rings is 1. The number of benzene rings is 1. The number of nitrogen functional groups attached to an aromatic ring is 1. The first-order valence-corrected chi connectivity index (χ1v) is 7.31. The highest BCUT2D eigenvalue weighted by atomic mass is 79.9. The van der Waals surface area contributed by atoms with E-state index in [0.29, 0.717) is 5.82 Å². The Balaban J connectivity index is 2.10. The molecular weight excluding hydrogens is 328 g/mol. The molecule has 0 aliphatic carbocycles. The van der Waals surface area contributed by atoms with Crippen LogP contribution in [0.25, 0.3) is 27.8 Å². The molecule has 2 N–H and O–H groups in total. The second kappa shape index (κ2) is 4.56. The van der Waals surface area contributed by atoms with E-state index in [-0.39, 0.29) is 0 Å². The molecule has 4 nitrogen and oxygen atoms in total. The Morgan fingerprint density at radius 1 is 1.05 bits per heavy atom. The van der Waals surface area contributed by atoms with E-state index < -0.39 is 0 Å². The molecule has 0 unspecified atom stereocenters. The number of para-hydroxylation sites is 1. The van der Waals surface area contributed by atoms with Crippen LogP contribution in [0.1, 0.15) is 0 Å². The van der Waals surface area contributed by atoms with Crippen LogP contribution in [0.3, 0.4) is 0 Å². The highest BCUT2D eigenvalue weighted by Gasteiger charge is 2.15. The van der Waals surface area contributed by atoms with Crippen molar-refractivity contribution < 1.29 is 0 Å². The zero-order chi connectivity index (χ0) is 14.4. The quantitative estimate of drug-likeness (QED) is 0.572. The fourth-order valence-corrected chi connectivity index (χ4v) is 2.99. The second-order valence-electron chi connectivity index (χ2n) is 4.77. The minimum atomic E-state index is 0.627. The van der Waals surface area contributed by atoms with Gasteiger partial charge in [-0.15, -0.1) is 0 Å². The lowest BCUT2D eigenvalue weighted by Gasteiger charge is -2.04. The molecule has 4 aromatic rings. The van der Waals surface area contributed by atoms with Gasteiger partial charge in [0.05, 0.1) is 9.99 Å². The van der Waals surface area contributed by atoms with Crippen molar-refractivity contribution in [3.8, 4) is 11.3 Å². The summed E-state index contributed by atoms with van der Waals surface area (Å²) in [4.78, 5) is 9.08. The maximum absolute atomic E-state index is 6.29. The van der Waals surface area contributed by atoms with Gasteiger partial charge < -0.3 is 5.73 Å². The molecule has 1 aromatic carbocycles. The summed E-state index contributed by atoms with van der Waals surface area (Å²) in [7, 11) is 0. The summed E-state index contributed by atoms with van der Waals surface area (Å²) in [5.74, 6) is 0.627. The number of nitrogens with two attached hydrogens (primary N) is 1. The molecule has 21 heavy (non-hydrogen) atoms. The zero-order valence-corrected chi connectivity index (χ0v) is 12.6. The third kappa shape index (κ3) is 1.81. The number of anilines is 1. The number of halogens is 1. The third-order valence-electron chi connectivity index (χ3n) is 3.54. The average Bonchev–Trinajstić information content (AvgIpc) is 2.85. The fraction of sp³-hybridized carbons (Fsp3) is 0. The maximum atomic E-state index is 6.29. The number of hydrogen-bond acceptors (Lipinski definition) is 3. The van der Waals surface area contributed by atoms with Crippen molar-refractivity contribution >= 4 is 38.3 Å². The molecule has 0 aliphatic heterocycles. The molecule has 0 amide bonds. The lowest BCUT2D eigenvalue weighted by Crippen LogP contribution is -1.94. The normalized spacial score (nSPS) is 11.3. The smallest absolute Gasteiger partial charge is 0.153 e. The minimum Gasteiger partial charge on any atom is -0.383 e. The van der Waals surface area contributed by atoms with Crippen LogP contribution in [0, 0.1) is 0 Å². The van der Waals surface area contributed by atoms with Gasteiger partial charge in [-0.1, -0.05) is 18.2 Å². The summed E-state index contributed by atoms with van der Waals surface area (Å²) in [6.07, 6.45) is 3.70. The molecule has 3 aromatic heterocycles. The van der Waals surface area contributed by atoms with Crippen LogP contribution in [0.5, 0.6) is 0 Å². The van der Waals surface area contributed by atoms with Gasteiger partial charge >= 0.3 is 0 Å². The Morgan fingerprint density at radius 2 is 1.90 bits per heavy atom. The number of nitrogens with zero attached hydrogens (tertiary/aromatic N) is 3. The fourth-order valence-electron chi connectivity index (χ4n) is 2.55. The van der Waals surface area contributed by atoms with E-state index in [2.05, 4.69) is 20.9 Å². The van der Waals surface area contributed by atoms with Crippen molar-refractivity contribution in [1.29, 1.82) is 0 Å². The molecule has 5 heteroatoms. The largest absolute Gasteiger partial charge is 0.383 e. The van der Waals surface area contributed by atoms with Crippen LogP contribution in [0.4, 0.5) is 5.82 Å². The molecule has 3 heterocycles. The second-order valence-corrected chi connectivity index (χ2v) is 5.63. The van der Waals surface area contributed by atoms with E-state index in [0.717, 1.165) is 32.3 Å². The van der Waals surface area contributed by atoms with Crippen LogP contribution in [-0.2, 0) is 0 Å².